The van der Waals surface area contributed by atoms with E-state index in [1.807, 2.05) is 62.0 Å². The minimum absolute atomic E-state index is 0.159. The van der Waals surface area contributed by atoms with Gasteiger partial charge in [0, 0.05) is 35.9 Å². The number of hydrogen-bond donors (Lipinski definition) is 1. The topological polar surface area (TPSA) is 55.6 Å². The van der Waals surface area contributed by atoms with Crippen molar-refractivity contribution in [3.63, 3.8) is 0 Å². The fourth-order valence-electron chi connectivity index (χ4n) is 2.53. The number of aromatic nitrogens is 4. The Morgan fingerprint density at radius 3 is 2.30 bits per heavy atom. The van der Waals surface area contributed by atoms with Gasteiger partial charge in [0.15, 0.2) is 0 Å². The van der Waals surface area contributed by atoms with Gasteiger partial charge in [-0.05, 0) is 37.6 Å². The summed E-state index contributed by atoms with van der Waals surface area (Å²) in [6.07, 6.45) is 3.70. The SMILES string of the molecule is Cc1cc(C)nc(NC(c2ccc(Cl)cc2)c2nccn2C)n1. The summed E-state index contributed by atoms with van der Waals surface area (Å²) in [6, 6.07) is 9.50. The van der Waals surface area contributed by atoms with Crippen LogP contribution in [0, 0.1) is 13.8 Å². The summed E-state index contributed by atoms with van der Waals surface area (Å²) in [5.74, 6) is 1.47. The third-order valence-electron chi connectivity index (χ3n) is 3.58. The largest absolute Gasteiger partial charge is 0.340 e. The maximum Gasteiger partial charge on any atom is 0.223 e. The fourth-order valence-corrected chi connectivity index (χ4v) is 2.65. The Morgan fingerprint density at radius 2 is 1.74 bits per heavy atom. The lowest BCUT2D eigenvalue weighted by Gasteiger charge is -2.19. The zero-order valence-electron chi connectivity index (χ0n) is 13.3. The molecule has 0 radical (unpaired) electrons. The van der Waals surface area contributed by atoms with E-state index in [2.05, 4.69) is 20.3 Å². The van der Waals surface area contributed by atoms with Crippen molar-refractivity contribution in [2.45, 2.75) is 19.9 Å². The Hall–Kier alpha value is -2.40. The zero-order valence-corrected chi connectivity index (χ0v) is 14.0. The normalized spacial score (nSPS) is 12.2. The molecule has 3 rings (SSSR count). The maximum atomic E-state index is 6.01. The summed E-state index contributed by atoms with van der Waals surface area (Å²) < 4.78 is 1.98. The van der Waals surface area contributed by atoms with Gasteiger partial charge in [0.05, 0.1) is 0 Å². The van der Waals surface area contributed by atoms with Crippen LogP contribution in [0.1, 0.15) is 28.8 Å². The Bertz CT molecular complexity index is 790. The number of halogens is 1. The van der Waals surface area contributed by atoms with Gasteiger partial charge < -0.3 is 9.88 Å². The predicted octanol–water partition coefficient (Wildman–Crippen LogP) is 3.68. The molecular formula is C17H18ClN5. The highest BCUT2D eigenvalue weighted by Gasteiger charge is 2.19. The first-order chi connectivity index (χ1) is 11.0. The molecule has 0 fully saturated rings. The Balaban J connectivity index is 2.01. The monoisotopic (exact) mass is 327 g/mol. The lowest BCUT2D eigenvalue weighted by atomic mass is 10.1. The molecule has 5 nitrogen and oxygen atoms in total. The second-order valence-electron chi connectivity index (χ2n) is 5.50. The number of aryl methyl sites for hydroxylation is 3. The van der Waals surface area contributed by atoms with E-state index in [9.17, 15) is 0 Å². The fraction of sp³-hybridized carbons (Fsp3) is 0.235. The molecule has 2 heterocycles. The first-order valence-electron chi connectivity index (χ1n) is 7.34. The quantitative estimate of drug-likeness (QED) is 0.794. The third-order valence-corrected chi connectivity index (χ3v) is 3.83. The molecule has 0 aliphatic carbocycles. The van der Waals surface area contributed by atoms with Gasteiger partial charge in [-0.15, -0.1) is 0 Å². The molecule has 0 spiro atoms. The van der Waals surface area contributed by atoms with Crippen LogP contribution in [0.25, 0.3) is 0 Å². The van der Waals surface area contributed by atoms with Crippen LogP contribution in [-0.2, 0) is 7.05 Å². The second kappa shape index (κ2) is 6.38. The van der Waals surface area contributed by atoms with Crippen LogP contribution >= 0.6 is 11.6 Å². The van der Waals surface area contributed by atoms with Gasteiger partial charge >= 0.3 is 0 Å². The van der Waals surface area contributed by atoms with Crippen LogP contribution in [0.5, 0.6) is 0 Å². The molecule has 1 unspecified atom stereocenters. The molecule has 0 saturated carbocycles. The van der Waals surface area contributed by atoms with Gasteiger partial charge in [0.25, 0.3) is 0 Å². The zero-order chi connectivity index (χ0) is 16.4. The molecule has 2 aromatic heterocycles. The highest BCUT2D eigenvalue weighted by atomic mass is 35.5. The molecule has 1 N–H and O–H groups in total. The summed E-state index contributed by atoms with van der Waals surface area (Å²) in [7, 11) is 1.97. The molecule has 0 aliphatic heterocycles. The summed E-state index contributed by atoms with van der Waals surface area (Å²) in [5.41, 5.74) is 2.90. The molecule has 23 heavy (non-hydrogen) atoms. The lowest BCUT2D eigenvalue weighted by Crippen LogP contribution is -2.18. The number of anilines is 1. The standard InChI is InChI=1S/C17H18ClN5/c1-11-10-12(2)21-17(20-11)22-15(16-19-8-9-23(16)3)13-4-6-14(18)7-5-13/h4-10,15H,1-3H3,(H,20,21,22). The number of rotatable bonds is 4. The molecular weight excluding hydrogens is 310 g/mol. The summed E-state index contributed by atoms with van der Waals surface area (Å²) >= 11 is 6.01. The molecule has 3 aromatic rings. The van der Waals surface area contributed by atoms with Crippen LogP contribution in [0.2, 0.25) is 5.02 Å². The number of nitrogens with zero attached hydrogens (tertiary/aromatic N) is 4. The first-order valence-corrected chi connectivity index (χ1v) is 7.72. The van der Waals surface area contributed by atoms with E-state index < -0.39 is 0 Å². The average Bonchev–Trinajstić information content (AvgIpc) is 2.91. The molecule has 0 amide bonds. The van der Waals surface area contributed by atoms with Crippen LogP contribution in [0.15, 0.2) is 42.7 Å². The van der Waals surface area contributed by atoms with Gasteiger partial charge in [-0.2, -0.15) is 0 Å². The van der Waals surface area contributed by atoms with Crippen LogP contribution in [0.3, 0.4) is 0 Å². The Labute approximate surface area is 140 Å². The first kappa shape index (κ1) is 15.5. The Kier molecular flexibility index (Phi) is 4.30. The van der Waals surface area contributed by atoms with Gasteiger partial charge in [-0.1, -0.05) is 23.7 Å². The second-order valence-corrected chi connectivity index (χ2v) is 5.94. The molecule has 1 aromatic carbocycles. The van der Waals surface area contributed by atoms with Crippen molar-refractivity contribution in [3.05, 3.63) is 70.5 Å². The van der Waals surface area contributed by atoms with Gasteiger partial charge in [-0.25, -0.2) is 15.0 Å². The number of benzene rings is 1. The van der Waals surface area contributed by atoms with E-state index in [1.165, 1.54) is 0 Å². The van der Waals surface area contributed by atoms with Crippen molar-refractivity contribution in [1.82, 2.24) is 19.5 Å². The van der Waals surface area contributed by atoms with Crippen molar-refractivity contribution in [2.24, 2.45) is 7.05 Å². The van der Waals surface area contributed by atoms with E-state index in [0.717, 1.165) is 22.8 Å². The van der Waals surface area contributed by atoms with Crippen LogP contribution < -0.4 is 5.32 Å². The smallest absolute Gasteiger partial charge is 0.223 e. The lowest BCUT2D eigenvalue weighted by molar-refractivity contribution is 0.740. The van der Waals surface area contributed by atoms with E-state index in [1.54, 1.807) is 6.20 Å². The summed E-state index contributed by atoms with van der Waals surface area (Å²) in [6.45, 7) is 3.91. The van der Waals surface area contributed by atoms with Gasteiger partial charge in [0.1, 0.15) is 11.9 Å². The highest BCUT2D eigenvalue weighted by molar-refractivity contribution is 6.30. The van der Waals surface area contributed by atoms with E-state index >= 15 is 0 Å². The molecule has 0 bridgehead atoms. The number of hydrogen-bond acceptors (Lipinski definition) is 4. The molecule has 6 heteroatoms. The molecule has 1 atom stereocenters. The van der Waals surface area contributed by atoms with E-state index in [-0.39, 0.29) is 6.04 Å². The van der Waals surface area contributed by atoms with Crippen molar-refractivity contribution >= 4 is 17.5 Å². The van der Waals surface area contributed by atoms with Crippen molar-refractivity contribution in [2.75, 3.05) is 5.32 Å². The molecule has 0 saturated heterocycles. The van der Waals surface area contributed by atoms with Crippen LogP contribution in [-0.4, -0.2) is 19.5 Å². The van der Waals surface area contributed by atoms with Gasteiger partial charge in [-0.3, -0.25) is 0 Å². The molecule has 118 valence electrons. The Morgan fingerprint density at radius 1 is 1.09 bits per heavy atom. The minimum atomic E-state index is -0.159. The molecule has 0 aliphatic rings. The third kappa shape index (κ3) is 3.51. The highest BCUT2D eigenvalue weighted by Crippen LogP contribution is 2.25. The summed E-state index contributed by atoms with van der Waals surface area (Å²) in [5, 5.41) is 4.09. The summed E-state index contributed by atoms with van der Waals surface area (Å²) in [4.78, 5) is 13.4. The van der Waals surface area contributed by atoms with E-state index in [4.69, 9.17) is 11.6 Å². The number of imidazole rings is 1. The van der Waals surface area contributed by atoms with Gasteiger partial charge in [0.2, 0.25) is 5.95 Å². The predicted molar refractivity (Wildman–Crippen MR) is 91.6 cm³/mol. The van der Waals surface area contributed by atoms with Crippen molar-refractivity contribution < 1.29 is 0 Å². The van der Waals surface area contributed by atoms with E-state index in [0.29, 0.717) is 11.0 Å². The van der Waals surface area contributed by atoms with Crippen molar-refractivity contribution in [3.8, 4) is 0 Å². The average molecular weight is 328 g/mol. The number of nitrogens with one attached hydrogen (secondary N) is 1. The van der Waals surface area contributed by atoms with Crippen LogP contribution in [0.4, 0.5) is 5.95 Å². The minimum Gasteiger partial charge on any atom is -0.340 e. The maximum absolute atomic E-state index is 6.01. The van der Waals surface area contributed by atoms with Crippen molar-refractivity contribution in [1.29, 1.82) is 0 Å².